The molecule has 19 heteroatoms. The van der Waals surface area contributed by atoms with Crippen molar-refractivity contribution in [3.8, 4) is 16.2 Å². The summed E-state index contributed by atoms with van der Waals surface area (Å²) in [6.45, 7) is 14.4. The molecular weight excluding hydrogens is 965 g/mol. The Morgan fingerprint density at radius 2 is 1.61 bits per heavy atom. The van der Waals surface area contributed by atoms with Crippen molar-refractivity contribution in [2.24, 2.45) is 11.1 Å². The van der Waals surface area contributed by atoms with Crippen molar-refractivity contribution in [3.63, 3.8) is 0 Å². The summed E-state index contributed by atoms with van der Waals surface area (Å²) in [6.07, 6.45) is -0.139. The summed E-state index contributed by atoms with van der Waals surface area (Å²) in [5, 5.41) is 22.4. The summed E-state index contributed by atoms with van der Waals surface area (Å²) in [7, 11) is 0. The van der Waals surface area contributed by atoms with E-state index in [0.29, 0.717) is 24.3 Å². The maximum absolute atomic E-state index is 14.3. The number of hydrogen-bond acceptors (Lipinski definition) is 12. The lowest BCUT2D eigenvalue weighted by atomic mass is 9.85. The van der Waals surface area contributed by atoms with Crippen LogP contribution >= 0.6 is 11.3 Å². The highest BCUT2D eigenvalue weighted by Gasteiger charge is 2.46. The van der Waals surface area contributed by atoms with Crippen LogP contribution in [0.25, 0.3) is 10.4 Å². The van der Waals surface area contributed by atoms with Crippen LogP contribution in [-0.2, 0) is 52.8 Å². The molecule has 0 aliphatic carbocycles. The average Bonchev–Trinajstić information content (AvgIpc) is 4.05. The smallest absolute Gasteiger partial charge is 0.408 e. The highest BCUT2D eigenvalue weighted by molar-refractivity contribution is 7.13. The third-order valence-electron chi connectivity index (χ3n) is 13.5. The van der Waals surface area contributed by atoms with E-state index >= 15 is 0 Å². The van der Waals surface area contributed by atoms with Crippen molar-refractivity contribution >= 4 is 58.6 Å². The zero-order valence-corrected chi connectivity index (χ0v) is 44.3. The van der Waals surface area contributed by atoms with Gasteiger partial charge in [-0.25, -0.2) is 9.78 Å². The number of β-amino-alcohol motifs (C(OH)–C–C–N with tert-alkyl or cyclic N) is 1. The molecule has 0 radical (unpaired) electrons. The van der Waals surface area contributed by atoms with Gasteiger partial charge in [0.25, 0.3) is 0 Å². The molecule has 4 heterocycles. The fraction of sp³-hybridized carbons (Fsp3) is 0.491. The van der Waals surface area contributed by atoms with E-state index in [2.05, 4.69) is 26.3 Å². The number of primary amides is 1. The van der Waals surface area contributed by atoms with Crippen LogP contribution in [0.4, 0.5) is 10.5 Å². The zero-order valence-electron chi connectivity index (χ0n) is 43.5. The number of aryl methyl sites for hydroxylation is 3. The van der Waals surface area contributed by atoms with Crippen LogP contribution in [0, 0.1) is 12.3 Å². The van der Waals surface area contributed by atoms with Gasteiger partial charge in [-0.05, 0) is 106 Å². The van der Waals surface area contributed by atoms with Crippen LogP contribution in [0.1, 0.15) is 115 Å². The van der Waals surface area contributed by atoms with Gasteiger partial charge in [-0.15, -0.1) is 11.3 Å². The van der Waals surface area contributed by atoms with E-state index in [1.54, 1.807) is 55.8 Å². The Kier molecular flexibility index (Phi) is 17.2. The number of aliphatic hydroxyl groups is 1. The second-order valence-corrected chi connectivity index (χ2v) is 22.5. The molecule has 3 aliphatic heterocycles. The Morgan fingerprint density at radius 3 is 2.28 bits per heavy atom. The topological polar surface area (TPSA) is 252 Å². The molecule has 1 fully saturated rings. The lowest BCUT2D eigenvalue weighted by Gasteiger charge is -2.35. The van der Waals surface area contributed by atoms with Gasteiger partial charge in [-0.3, -0.25) is 33.7 Å². The van der Waals surface area contributed by atoms with Crippen molar-refractivity contribution in [1.29, 1.82) is 0 Å². The normalized spacial score (nSPS) is 19.6. The predicted octanol–water partition coefficient (Wildman–Crippen LogP) is 5.35. The molecule has 4 aromatic rings. The van der Waals surface area contributed by atoms with E-state index in [9.17, 15) is 38.7 Å². The monoisotopic (exact) mass is 1030 g/mol. The van der Waals surface area contributed by atoms with E-state index in [-0.39, 0.29) is 63.6 Å². The van der Waals surface area contributed by atoms with Crippen LogP contribution in [0.3, 0.4) is 0 Å². The lowest BCUT2D eigenvalue weighted by molar-refractivity contribution is -0.144. The van der Waals surface area contributed by atoms with E-state index in [1.165, 1.54) is 9.80 Å². The maximum Gasteiger partial charge on any atom is 0.408 e. The third kappa shape index (κ3) is 13.6. The highest BCUT2D eigenvalue weighted by atomic mass is 32.1. The first-order valence-corrected chi connectivity index (χ1v) is 26.2. The lowest BCUT2D eigenvalue weighted by Crippen LogP contribution is -2.57. The van der Waals surface area contributed by atoms with Crippen LogP contribution in [0.5, 0.6) is 5.75 Å². The summed E-state index contributed by atoms with van der Waals surface area (Å²) in [4.78, 5) is 103. The van der Waals surface area contributed by atoms with Crippen molar-refractivity contribution in [1.82, 2.24) is 31.2 Å². The van der Waals surface area contributed by atoms with Crippen molar-refractivity contribution in [2.45, 2.75) is 155 Å². The highest BCUT2D eigenvalue weighted by Crippen LogP contribution is 2.39. The van der Waals surface area contributed by atoms with E-state index in [1.807, 2.05) is 83.1 Å². The van der Waals surface area contributed by atoms with Crippen LogP contribution in [0.2, 0.25) is 0 Å². The first kappa shape index (κ1) is 54.9. The van der Waals surface area contributed by atoms with Crippen LogP contribution in [-0.4, -0.2) is 112 Å². The molecule has 1 aromatic heterocycles. The fourth-order valence-electron chi connectivity index (χ4n) is 9.73. The number of aliphatic hydroxyl groups excluding tert-OH is 1. The Morgan fingerprint density at radius 1 is 0.905 bits per heavy atom. The van der Waals surface area contributed by atoms with Gasteiger partial charge >= 0.3 is 6.09 Å². The number of nitrogens with zero attached hydrogens (tertiary/aromatic N) is 3. The molecule has 1 saturated heterocycles. The van der Waals surface area contributed by atoms with Gasteiger partial charge in [-0.1, -0.05) is 75.4 Å². The molecule has 3 aliphatic rings. The predicted molar refractivity (Wildman–Crippen MR) is 280 cm³/mol. The second-order valence-electron chi connectivity index (χ2n) is 21.6. The van der Waals surface area contributed by atoms with Gasteiger partial charge in [-0.2, -0.15) is 0 Å². The first-order chi connectivity index (χ1) is 34.9. The molecule has 0 spiro atoms. The number of nitrogens with two attached hydrogens (primary N) is 1. The van der Waals surface area contributed by atoms with Crippen molar-refractivity contribution in [2.75, 3.05) is 18.1 Å². The minimum absolute atomic E-state index is 0.0148. The number of amides is 7. The number of aromatic nitrogens is 1. The summed E-state index contributed by atoms with van der Waals surface area (Å²) >= 11 is 1.56. The second kappa shape index (κ2) is 23.1. The first-order valence-electron chi connectivity index (χ1n) is 25.3. The summed E-state index contributed by atoms with van der Waals surface area (Å²) in [5.41, 5.74) is 11.8. The average molecular weight is 1040 g/mol. The minimum atomic E-state index is -1.01. The Bertz CT molecular complexity index is 2730. The number of carbonyl (C=O) groups is 7. The number of benzene rings is 3. The van der Waals surface area contributed by atoms with Gasteiger partial charge < -0.3 is 46.5 Å². The van der Waals surface area contributed by atoms with Crippen molar-refractivity contribution in [3.05, 3.63) is 100 Å². The summed E-state index contributed by atoms with van der Waals surface area (Å²) < 4.78 is 11.6. The third-order valence-corrected chi connectivity index (χ3v) is 14.5. The molecule has 7 rings (SSSR count). The molecule has 0 bridgehead atoms. The zero-order chi connectivity index (χ0) is 53.6. The number of thiazole rings is 1. The standard InChI is InChI=1S/C55H70N8O10S/c1-31(34-16-18-36(19-17-34)47-32(2)57-30-74-47)58-49(67)42-27-39(64)28-62(42)52(70)48(54(3,4)5)61-45(66)24-15-33-11-9-14-40(25-33)72-29-38(21-23-44(56)65)59-50(68)43-26-37-13-10-12-35-20-22-41(51(69)63(43)46(35)37)60-53(71)73-55(6,7)8/h9-14,16-19,25,30-31,38-39,41-43,48,64H,15,20-24,26-29H2,1-8H3,(H2,56,65)(H,58,67)(H,59,68)(H,60,71)(H,61,66)/t31-,38-,39+,41-,42-,43?,48+/m0/s1. The number of likely N-dealkylation sites (tertiary alicyclic amines) is 1. The molecule has 18 nitrogen and oxygen atoms in total. The van der Waals surface area contributed by atoms with Crippen molar-refractivity contribution < 1.29 is 48.1 Å². The van der Waals surface area contributed by atoms with Gasteiger partial charge in [0.2, 0.25) is 35.4 Å². The van der Waals surface area contributed by atoms with E-state index in [0.717, 1.165) is 38.4 Å². The minimum Gasteiger partial charge on any atom is -0.491 e. The van der Waals surface area contributed by atoms with Gasteiger partial charge in [0.1, 0.15) is 42.1 Å². The molecule has 1 unspecified atom stereocenters. The fourth-order valence-corrected chi connectivity index (χ4v) is 10.5. The van der Waals surface area contributed by atoms with E-state index < -0.39 is 83.0 Å². The number of rotatable bonds is 18. The number of hydrogen-bond donors (Lipinski definition) is 6. The summed E-state index contributed by atoms with van der Waals surface area (Å²) in [5.74, 6) is -2.27. The molecule has 396 valence electrons. The molecule has 7 atom stereocenters. The molecule has 0 saturated carbocycles. The number of carbonyl (C=O) groups excluding carboxylic acids is 7. The van der Waals surface area contributed by atoms with Gasteiger partial charge in [0.05, 0.1) is 40.0 Å². The van der Waals surface area contributed by atoms with E-state index in [4.69, 9.17) is 15.2 Å². The number of nitrogens with one attached hydrogen (secondary N) is 4. The Labute approximate surface area is 436 Å². The molecule has 7 N–H and O–H groups in total. The quantitative estimate of drug-likeness (QED) is 0.0742. The number of alkyl carbamates (subject to hydrolysis) is 1. The number of para-hydroxylation sites is 1. The number of anilines is 1. The van der Waals surface area contributed by atoms with Gasteiger partial charge in [0, 0.05) is 32.2 Å². The summed E-state index contributed by atoms with van der Waals surface area (Å²) in [6, 6.07) is 15.8. The number of ether oxygens (including phenoxy) is 2. The molecular formula is C55H70N8O10S. The maximum atomic E-state index is 14.3. The van der Waals surface area contributed by atoms with Crippen LogP contribution in [0.15, 0.2) is 72.2 Å². The molecule has 7 amide bonds. The SMILES string of the molecule is Cc1ncsc1-c1ccc([C@H](C)NC(=O)[C@@H]2C[C@@H](O)CN2C(=O)[C@@H](NC(=O)CCc2cccc(OC[C@H](CCC(N)=O)NC(=O)C3Cc4cccc5c4N3C(=O)[C@@H](NC(=O)OC(C)(C)C)CC5)c2)C(C)(C)C)cc1. The Balaban J connectivity index is 0.951. The van der Waals surface area contributed by atoms with Gasteiger partial charge in [0.15, 0.2) is 0 Å². The Hall–Kier alpha value is -6.86. The van der Waals surface area contributed by atoms with Crippen LogP contribution < -0.4 is 36.6 Å². The molecule has 74 heavy (non-hydrogen) atoms. The molecule has 3 aromatic carbocycles. The largest absolute Gasteiger partial charge is 0.491 e.